The molecular weight excluding hydrogens is 332 g/mol. The second kappa shape index (κ2) is 6.36. The van der Waals surface area contributed by atoms with E-state index in [1.807, 2.05) is 71.6 Å². The van der Waals surface area contributed by atoms with Gasteiger partial charge in [-0.1, -0.05) is 60.7 Å². The summed E-state index contributed by atoms with van der Waals surface area (Å²) in [6.07, 6.45) is 0.683. The standard InChI is InChI=1S/C24H18N2O/c27-24-21-12-6-5-11-20(21)23(26(24)19-9-2-1-3-10-19)16-18-15-14-17-8-4-7-13-22(17)25-18/h1-15,23H,16H2. The monoisotopic (exact) mass is 350 g/mol. The van der Waals surface area contributed by atoms with E-state index in [4.69, 9.17) is 4.98 Å². The Hall–Kier alpha value is -3.46. The number of carbonyl (C=O) groups is 1. The first-order valence-electron chi connectivity index (χ1n) is 9.13. The van der Waals surface area contributed by atoms with Crippen LogP contribution in [-0.4, -0.2) is 10.9 Å². The highest BCUT2D eigenvalue weighted by Gasteiger charge is 2.37. The van der Waals surface area contributed by atoms with Crippen LogP contribution in [0.4, 0.5) is 5.69 Å². The van der Waals surface area contributed by atoms with Crippen molar-refractivity contribution in [3.05, 3.63) is 108 Å². The Labute approximate surface area is 157 Å². The van der Waals surface area contributed by atoms with Crippen molar-refractivity contribution in [2.75, 3.05) is 4.90 Å². The lowest BCUT2D eigenvalue weighted by molar-refractivity contribution is 0.0991. The number of benzene rings is 3. The Morgan fingerprint density at radius 3 is 2.41 bits per heavy atom. The van der Waals surface area contributed by atoms with E-state index < -0.39 is 0 Å². The van der Waals surface area contributed by atoms with Crippen molar-refractivity contribution in [2.24, 2.45) is 0 Å². The van der Waals surface area contributed by atoms with Gasteiger partial charge in [-0.3, -0.25) is 9.78 Å². The number of rotatable bonds is 3. The number of nitrogens with zero attached hydrogens (tertiary/aromatic N) is 2. The minimum atomic E-state index is -0.0511. The average Bonchev–Trinajstić information content (AvgIpc) is 3.00. The van der Waals surface area contributed by atoms with Crippen molar-refractivity contribution in [1.29, 1.82) is 0 Å². The van der Waals surface area contributed by atoms with E-state index in [9.17, 15) is 4.79 Å². The molecule has 3 aromatic carbocycles. The van der Waals surface area contributed by atoms with Crippen LogP contribution in [0.15, 0.2) is 91.0 Å². The smallest absolute Gasteiger partial charge is 0.259 e. The van der Waals surface area contributed by atoms with Crippen molar-refractivity contribution in [1.82, 2.24) is 4.98 Å². The molecule has 1 aliphatic rings. The summed E-state index contributed by atoms with van der Waals surface area (Å²) in [4.78, 5) is 19.8. The Balaban J connectivity index is 1.59. The summed E-state index contributed by atoms with van der Waals surface area (Å²) in [5, 5.41) is 1.13. The fourth-order valence-corrected chi connectivity index (χ4v) is 3.90. The third kappa shape index (κ3) is 2.68. The van der Waals surface area contributed by atoms with E-state index in [0.29, 0.717) is 6.42 Å². The summed E-state index contributed by atoms with van der Waals surface area (Å²) in [6.45, 7) is 0. The first-order valence-corrected chi connectivity index (χ1v) is 9.13. The number of carbonyl (C=O) groups excluding carboxylic acids is 1. The second-order valence-electron chi connectivity index (χ2n) is 6.81. The molecule has 130 valence electrons. The minimum Gasteiger partial charge on any atom is -0.300 e. The molecule has 5 rings (SSSR count). The highest BCUT2D eigenvalue weighted by atomic mass is 16.2. The molecule has 0 N–H and O–H groups in total. The molecule has 0 bridgehead atoms. The Kier molecular flexibility index (Phi) is 3.72. The molecule has 3 nitrogen and oxygen atoms in total. The molecule has 0 spiro atoms. The van der Waals surface area contributed by atoms with Gasteiger partial charge >= 0.3 is 0 Å². The third-order valence-electron chi connectivity index (χ3n) is 5.17. The van der Waals surface area contributed by atoms with E-state index in [1.54, 1.807) is 0 Å². The summed E-state index contributed by atoms with van der Waals surface area (Å²) in [7, 11) is 0. The van der Waals surface area contributed by atoms with Crippen molar-refractivity contribution in [3.63, 3.8) is 0 Å². The minimum absolute atomic E-state index is 0.0511. The topological polar surface area (TPSA) is 33.2 Å². The molecule has 1 amide bonds. The summed E-state index contributed by atoms with van der Waals surface area (Å²) >= 11 is 0. The van der Waals surface area contributed by atoms with Crippen molar-refractivity contribution in [2.45, 2.75) is 12.5 Å². The lowest BCUT2D eigenvalue weighted by atomic mass is 10.00. The Morgan fingerprint density at radius 2 is 1.52 bits per heavy atom. The van der Waals surface area contributed by atoms with Gasteiger partial charge in [0.1, 0.15) is 0 Å². The summed E-state index contributed by atoms with van der Waals surface area (Å²) < 4.78 is 0. The van der Waals surface area contributed by atoms with Gasteiger partial charge in [0.05, 0.1) is 11.6 Å². The largest absolute Gasteiger partial charge is 0.300 e. The zero-order chi connectivity index (χ0) is 18.2. The predicted octanol–water partition coefficient (Wildman–Crippen LogP) is 5.18. The second-order valence-corrected chi connectivity index (χ2v) is 6.81. The van der Waals surface area contributed by atoms with Gasteiger partial charge in [-0.05, 0) is 35.9 Å². The molecule has 0 aliphatic carbocycles. The molecule has 0 radical (unpaired) electrons. The van der Waals surface area contributed by atoms with Gasteiger partial charge < -0.3 is 4.90 Å². The lowest BCUT2D eigenvalue weighted by Crippen LogP contribution is -2.29. The molecule has 1 atom stereocenters. The first kappa shape index (κ1) is 15.8. The van der Waals surface area contributed by atoms with E-state index >= 15 is 0 Å². The molecule has 1 aromatic heterocycles. The zero-order valence-electron chi connectivity index (χ0n) is 14.7. The molecule has 1 aliphatic heterocycles. The third-order valence-corrected chi connectivity index (χ3v) is 5.17. The van der Waals surface area contributed by atoms with Crippen LogP contribution in [-0.2, 0) is 6.42 Å². The van der Waals surface area contributed by atoms with Crippen LogP contribution in [0.2, 0.25) is 0 Å². The maximum absolute atomic E-state index is 13.1. The fraction of sp³-hybridized carbons (Fsp3) is 0.0833. The normalized spacial score (nSPS) is 15.9. The maximum Gasteiger partial charge on any atom is 0.259 e. The fourth-order valence-electron chi connectivity index (χ4n) is 3.90. The molecular formula is C24H18N2O. The maximum atomic E-state index is 13.1. The van der Waals surface area contributed by atoms with Crippen LogP contribution in [0.3, 0.4) is 0 Å². The highest BCUT2D eigenvalue weighted by Crippen LogP contribution is 2.39. The number of para-hydroxylation sites is 2. The zero-order valence-corrected chi connectivity index (χ0v) is 14.7. The Morgan fingerprint density at radius 1 is 0.778 bits per heavy atom. The van der Waals surface area contributed by atoms with E-state index in [0.717, 1.165) is 33.4 Å². The molecule has 2 heterocycles. The summed E-state index contributed by atoms with van der Waals surface area (Å²) in [6, 6.07) is 30.0. The summed E-state index contributed by atoms with van der Waals surface area (Å²) in [5.41, 5.74) is 4.75. The quantitative estimate of drug-likeness (QED) is 0.510. The van der Waals surface area contributed by atoms with Crippen molar-refractivity contribution < 1.29 is 4.79 Å². The van der Waals surface area contributed by atoms with Crippen LogP contribution in [0.5, 0.6) is 0 Å². The SMILES string of the molecule is O=C1c2ccccc2C(Cc2ccc3ccccc3n2)N1c1ccccc1. The molecule has 3 heteroatoms. The first-order chi connectivity index (χ1) is 13.3. The van der Waals surface area contributed by atoms with Gasteiger partial charge in [-0.2, -0.15) is 0 Å². The number of anilines is 1. The number of amides is 1. The van der Waals surface area contributed by atoms with Crippen LogP contribution >= 0.6 is 0 Å². The number of pyridine rings is 1. The molecule has 0 saturated heterocycles. The van der Waals surface area contributed by atoms with E-state index in [1.165, 1.54) is 0 Å². The number of hydrogen-bond donors (Lipinski definition) is 0. The van der Waals surface area contributed by atoms with Gasteiger partial charge in [0, 0.05) is 28.8 Å². The van der Waals surface area contributed by atoms with Gasteiger partial charge in [0.15, 0.2) is 0 Å². The Bertz CT molecular complexity index is 1140. The highest BCUT2D eigenvalue weighted by molar-refractivity contribution is 6.11. The average molecular weight is 350 g/mol. The van der Waals surface area contributed by atoms with Crippen LogP contribution < -0.4 is 4.90 Å². The predicted molar refractivity (Wildman–Crippen MR) is 108 cm³/mol. The van der Waals surface area contributed by atoms with Crippen LogP contribution in [0, 0.1) is 0 Å². The lowest BCUT2D eigenvalue weighted by Gasteiger charge is -2.25. The van der Waals surface area contributed by atoms with Crippen LogP contribution in [0.25, 0.3) is 10.9 Å². The van der Waals surface area contributed by atoms with Gasteiger partial charge in [-0.15, -0.1) is 0 Å². The number of aromatic nitrogens is 1. The molecule has 1 unspecified atom stereocenters. The van der Waals surface area contributed by atoms with E-state index in [2.05, 4.69) is 24.3 Å². The number of hydrogen-bond acceptors (Lipinski definition) is 2. The van der Waals surface area contributed by atoms with Gasteiger partial charge in [-0.25, -0.2) is 0 Å². The molecule has 27 heavy (non-hydrogen) atoms. The van der Waals surface area contributed by atoms with Crippen molar-refractivity contribution >= 4 is 22.5 Å². The van der Waals surface area contributed by atoms with Crippen LogP contribution in [0.1, 0.15) is 27.7 Å². The molecule has 0 fully saturated rings. The van der Waals surface area contributed by atoms with Crippen molar-refractivity contribution in [3.8, 4) is 0 Å². The number of fused-ring (bicyclic) bond motifs is 2. The van der Waals surface area contributed by atoms with Gasteiger partial charge in [0.25, 0.3) is 5.91 Å². The molecule has 4 aromatic rings. The van der Waals surface area contributed by atoms with E-state index in [-0.39, 0.29) is 11.9 Å². The summed E-state index contributed by atoms with van der Waals surface area (Å²) in [5.74, 6) is 0.0580. The molecule has 0 saturated carbocycles. The van der Waals surface area contributed by atoms with Gasteiger partial charge in [0.2, 0.25) is 0 Å².